The van der Waals surface area contributed by atoms with Crippen molar-refractivity contribution in [1.82, 2.24) is 10.2 Å². The molecule has 0 saturated carbocycles. The molecule has 3 aromatic rings. The molecule has 7 heteroatoms. The normalized spacial score (nSPS) is 16.6. The zero-order chi connectivity index (χ0) is 22.9. The molecule has 2 aliphatic rings. The molecule has 0 aliphatic carbocycles. The minimum Gasteiger partial charge on any atom is -0.496 e. The van der Waals surface area contributed by atoms with E-state index in [1.807, 2.05) is 24.3 Å². The molecule has 3 amide bonds. The van der Waals surface area contributed by atoms with Gasteiger partial charge < -0.3 is 14.8 Å². The van der Waals surface area contributed by atoms with E-state index in [2.05, 4.69) is 5.32 Å². The molecule has 2 aliphatic heterocycles. The fraction of sp³-hybridized carbons (Fsp3) is 0.192. The molecular formula is C26H22N2O5. The summed E-state index contributed by atoms with van der Waals surface area (Å²) in [4.78, 5) is 39.9. The summed E-state index contributed by atoms with van der Waals surface area (Å²) in [6.45, 7) is 0.579. The van der Waals surface area contributed by atoms with Crippen molar-refractivity contribution < 1.29 is 23.9 Å². The van der Waals surface area contributed by atoms with E-state index in [0.29, 0.717) is 41.0 Å². The number of carbonyl (C=O) groups is 3. The first-order valence-electron chi connectivity index (χ1n) is 10.7. The summed E-state index contributed by atoms with van der Waals surface area (Å²) in [7, 11) is 1.50. The van der Waals surface area contributed by atoms with Gasteiger partial charge in [0, 0.05) is 12.0 Å². The number of fused-ring (bicyclic) bond motifs is 2. The van der Waals surface area contributed by atoms with Crippen LogP contribution in [0.3, 0.4) is 0 Å². The van der Waals surface area contributed by atoms with E-state index in [4.69, 9.17) is 9.47 Å². The molecule has 5 rings (SSSR count). The number of hydrogen-bond acceptors (Lipinski definition) is 5. The Morgan fingerprint density at radius 3 is 2.45 bits per heavy atom. The summed E-state index contributed by atoms with van der Waals surface area (Å²) in [5.74, 6) is 0.213. The number of ether oxygens (including phenoxy) is 2. The SMILES string of the molecule is COc1ccc(CN2C(=O)c3ccccc3C2=O)cc1C(=O)N[C@H]1CCOc2ccccc21. The van der Waals surface area contributed by atoms with E-state index < -0.39 is 0 Å². The smallest absolute Gasteiger partial charge is 0.261 e. The quantitative estimate of drug-likeness (QED) is 0.609. The maximum Gasteiger partial charge on any atom is 0.261 e. The lowest BCUT2D eigenvalue weighted by molar-refractivity contribution is 0.0642. The first-order valence-corrected chi connectivity index (χ1v) is 10.7. The number of methoxy groups -OCH3 is 1. The van der Waals surface area contributed by atoms with Crippen LogP contribution in [0.5, 0.6) is 11.5 Å². The van der Waals surface area contributed by atoms with Crippen molar-refractivity contribution in [2.45, 2.75) is 19.0 Å². The molecule has 1 N–H and O–H groups in total. The van der Waals surface area contributed by atoms with E-state index in [-0.39, 0.29) is 30.3 Å². The summed E-state index contributed by atoms with van der Waals surface area (Å²) >= 11 is 0. The molecule has 0 bridgehead atoms. The van der Waals surface area contributed by atoms with Crippen LogP contribution in [0.2, 0.25) is 0 Å². The topological polar surface area (TPSA) is 84.9 Å². The van der Waals surface area contributed by atoms with Crippen LogP contribution in [0.15, 0.2) is 66.7 Å². The van der Waals surface area contributed by atoms with Crippen LogP contribution in [-0.2, 0) is 6.54 Å². The van der Waals surface area contributed by atoms with Crippen LogP contribution in [0.25, 0.3) is 0 Å². The molecule has 0 unspecified atom stereocenters. The minimum atomic E-state index is -0.337. The van der Waals surface area contributed by atoms with E-state index in [0.717, 1.165) is 11.3 Å². The van der Waals surface area contributed by atoms with Gasteiger partial charge in [-0.05, 0) is 35.9 Å². The number of rotatable bonds is 5. The Morgan fingerprint density at radius 2 is 1.73 bits per heavy atom. The van der Waals surface area contributed by atoms with Gasteiger partial charge in [0.15, 0.2) is 0 Å². The van der Waals surface area contributed by atoms with Gasteiger partial charge in [0.05, 0.1) is 43.0 Å². The fourth-order valence-electron chi connectivity index (χ4n) is 4.32. The minimum absolute atomic E-state index is 0.0662. The Hall–Kier alpha value is -4.13. The second-order valence-corrected chi connectivity index (χ2v) is 7.98. The van der Waals surface area contributed by atoms with Crippen LogP contribution in [-0.4, -0.2) is 36.3 Å². The van der Waals surface area contributed by atoms with E-state index >= 15 is 0 Å². The lowest BCUT2D eigenvalue weighted by Crippen LogP contribution is -2.32. The number of para-hydroxylation sites is 1. The molecule has 0 fully saturated rings. The summed E-state index contributed by atoms with van der Waals surface area (Å²) in [6, 6.07) is 19.3. The van der Waals surface area contributed by atoms with Crippen molar-refractivity contribution in [1.29, 1.82) is 0 Å². The predicted octanol–water partition coefficient (Wildman–Crippen LogP) is 3.75. The van der Waals surface area contributed by atoms with Crippen LogP contribution >= 0.6 is 0 Å². The van der Waals surface area contributed by atoms with Crippen LogP contribution in [0, 0.1) is 0 Å². The highest BCUT2D eigenvalue weighted by Crippen LogP contribution is 2.32. The highest BCUT2D eigenvalue weighted by Gasteiger charge is 2.35. The third-order valence-corrected chi connectivity index (χ3v) is 5.99. The fourth-order valence-corrected chi connectivity index (χ4v) is 4.32. The van der Waals surface area contributed by atoms with Gasteiger partial charge in [-0.25, -0.2) is 0 Å². The van der Waals surface area contributed by atoms with E-state index in [1.165, 1.54) is 12.0 Å². The lowest BCUT2D eigenvalue weighted by atomic mass is 9.99. The lowest BCUT2D eigenvalue weighted by Gasteiger charge is -2.27. The molecule has 166 valence electrons. The summed E-state index contributed by atoms with van der Waals surface area (Å²) in [5.41, 5.74) is 2.72. The number of hydrogen-bond donors (Lipinski definition) is 1. The highest BCUT2D eigenvalue weighted by atomic mass is 16.5. The number of nitrogens with one attached hydrogen (secondary N) is 1. The van der Waals surface area contributed by atoms with Gasteiger partial charge in [-0.15, -0.1) is 0 Å². The molecule has 0 spiro atoms. The molecule has 7 nitrogen and oxygen atoms in total. The number of imide groups is 1. The summed E-state index contributed by atoms with van der Waals surface area (Å²) in [5, 5.41) is 3.07. The number of benzene rings is 3. The second-order valence-electron chi connectivity index (χ2n) is 7.98. The first-order chi connectivity index (χ1) is 16.1. The molecular weight excluding hydrogens is 420 g/mol. The number of carbonyl (C=O) groups excluding carboxylic acids is 3. The van der Waals surface area contributed by atoms with Gasteiger partial charge in [0.1, 0.15) is 11.5 Å². The average molecular weight is 442 g/mol. The van der Waals surface area contributed by atoms with Gasteiger partial charge in [0.2, 0.25) is 0 Å². The molecule has 0 aromatic heterocycles. The Morgan fingerprint density at radius 1 is 1.03 bits per heavy atom. The number of nitrogens with zero attached hydrogens (tertiary/aromatic N) is 1. The highest BCUT2D eigenvalue weighted by molar-refractivity contribution is 6.21. The van der Waals surface area contributed by atoms with Crippen LogP contribution in [0.4, 0.5) is 0 Å². The van der Waals surface area contributed by atoms with Crippen LogP contribution in [0.1, 0.15) is 54.7 Å². The molecule has 33 heavy (non-hydrogen) atoms. The van der Waals surface area contributed by atoms with Gasteiger partial charge >= 0.3 is 0 Å². The molecule has 0 radical (unpaired) electrons. The Kier molecular flexibility index (Phi) is 5.30. The van der Waals surface area contributed by atoms with Crippen molar-refractivity contribution in [2.75, 3.05) is 13.7 Å². The zero-order valence-corrected chi connectivity index (χ0v) is 18.0. The molecule has 3 aromatic carbocycles. The Balaban J connectivity index is 1.39. The maximum absolute atomic E-state index is 13.2. The van der Waals surface area contributed by atoms with Gasteiger partial charge in [0.25, 0.3) is 17.7 Å². The Bertz CT molecular complexity index is 1230. The first kappa shape index (κ1) is 20.8. The van der Waals surface area contributed by atoms with Gasteiger partial charge in [-0.2, -0.15) is 0 Å². The molecule has 0 saturated heterocycles. The second kappa shape index (κ2) is 8.43. The maximum atomic E-state index is 13.2. The zero-order valence-electron chi connectivity index (χ0n) is 18.0. The van der Waals surface area contributed by atoms with Crippen molar-refractivity contribution >= 4 is 17.7 Å². The van der Waals surface area contributed by atoms with Crippen molar-refractivity contribution in [3.8, 4) is 11.5 Å². The summed E-state index contributed by atoms with van der Waals surface area (Å²) < 4.78 is 11.1. The largest absolute Gasteiger partial charge is 0.496 e. The molecule has 2 heterocycles. The van der Waals surface area contributed by atoms with Gasteiger partial charge in [-0.1, -0.05) is 36.4 Å². The monoisotopic (exact) mass is 442 g/mol. The van der Waals surface area contributed by atoms with Gasteiger partial charge in [-0.3, -0.25) is 19.3 Å². The molecule has 1 atom stereocenters. The standard InChI is InChI=1S/C26H22N2O5/c1-32-22-11-10-16(15-28-25(30)17-6-2-3-7-18(17)26(28)31)14-20(22)24(29)27-21-12-13-33-23-9-5-4-8-19(21)23/h2-11,14,21H,12-13,15H2,1H3,(H,27,29)/t21-/m0/s1. The van der Waals surface area contributed by atoms with Crippen molar-refractivity contribution in [3.05, 3.63) is 94.5 Å². The average Bonchev–Trinajstić information content (AvgIpc) is 3.09. The van der Waals surface area contributed by atoms with E-state index in [9.17, 15) is 14.4 Å². The van der Waals surface area contributed by atoms with Crippen LogP contribution < -0.4 is 14.8 Å². The Labute approximate surface area is 190 Å². The predicted molar refractivity (Wildman–Crippen MR) is 120 cm³/mol. The number of amides is 3. The summed E-state index contributed by atoms with van der Waals surface area (Å²) in [6.07, 6.45) is 0.653. The third kappa shape index (κ3) is 3.71. The van der Waals surface area contributed by atoms with Crippen molar-refractivity contribution in [3.63, 3.8) is 0 Å². The van der Waals surface area contributed by atoms with E-state index in [1.54, 1.807) is 42.5 Å². The third-order valence-electron chi connectivity index (χ3n) is 5.99. The van der Waals surface area contributed by atoms with Crippen molar-refractivity contribution in [2.24, 2.45) is 0 Å².